The fourth-order valence-electron chi connectivity index (χ4n) is 2.10. The maximum absolute atomic E-state index is 12.2. The Morgan fingerprint density at radius 2 is 1.61 bits per heavy atom. The number of carbonyl (C=O) groups is 2. The number of rotatable bonds is 7. The van der Waals surface area contributed by atoms with Gasteiger partial charge in [0, 0.05) is 0 Å². The van der Waals surface area contributed by atoms with E-state index in [1.807, 2.05) is 6.92 Å². The van der Waals surface area contributed by atoms with E-state index in [2.05, 4.69) is 5.32 Å². The van der Waals surface area contributed by atoms with Gasteiger partial charge in [-0.2, -0.15) is 0 Å². The normalized spacial score (nSPS) is 11.1. The molecule has 0 aliphatic carbocycles. The minimum absolute atomic E-state index is 0.123. The molecule has 2 aromatic carbocycles. The summed E-state index contributed by atoms with van der Waals surface area (Å²) in [4.78, 5) is 23.8. The fraction of sp³-hybridized carbons (Fsp3) is 0.222. The lowest BCUT2D eigenvalue weighted by molar-refractivity contribution is -0.146. The SMILES string of the molecule is Cc1ccc(S(=O)(=O)CCC(=O)OCC(=O)Nc2cc(Cl)c(Cl)cc2Cl)cc1. The summed E-state index contributed by atoms with van der Waals surface area (Å²) in [5, 5.41) is 3.01. The number of halogens is 3. The molecule has 0 saturated carbocycles. The summed E-state index contributed by atoms with van der Waals surface area (Å²) in [6.45, 7) is 1.24. The van der Waals surface area contributed by atoms with E-state index < -0.39 is 34.1 Å². The minimum Gasteiger partial charge on any atom is -0.456 e. The molecule has 150 valence electrons. The number of hydrogen-bond acceptors (Lipinski definition) is 5. The molecule has 10 heteroatoms. The van der Waals surface area contributed by atoms with E-state index in [4.69, 9.17) is 39.5 Å². The second-order valence-corrected chi connectivity index (χ2v) is 9.17. The summed E-state index contributed by atoms with van der Waals surface area (Å²) in [5.41, 5.74) is 1.13. The molecule has 0 unspecified atom stereocenters. The lowest BCUT2D eigenvalue weighted by Crippen LogP contribution is -2.22. The zero-order valence-corrected chi connectivity index (χ0v) is 17.8. The van der Waals surface area contributed by atoms with Gasteiger partial charge in [-0.3, -0.25) is 9.59 Å². The van der Waals surface area contributed by atoms with Crippen LogP contribution < -0.4 is 5.32 Å². The molecular formula is C18H16Cl3NO5S. The van der Waals surface area contributed by atoms with Crippen LogP contribution in [0, 0.1) is 6.92 Å². The zero-order valence-electron chi connectivity index (χ0n) is 14.7. The quantitative estimate of drug-likeness (QED) is 0.487. The highest BCUT2D eigenvalue weighted by atomic mass is 35.5. The van der Waals surface area contributed by atoms with Gasteiger partial charge in [-0.15, -0.1) is 0 Å². The largest absolute Gasteiger partial charge is 0.456 e. The van der Waals surface area contributed by atoms with Crippen LogP contribution in [-0.4, -0.2) is 32.7 Å². The van der Waals surface area contributed by atoms with E-state index in [-0.39, 0.29) is 32.1 Å². The molecule has 0 fully saturated rings. The molecule has 2 aromatic rings. The van der Waals surface area contributed by atoms with Gasteiger partial charge < -0.3 is 10.1 Å². The first-order valence-electron chi connectivity index (χ1n) is 7.98. The maximum Gasteiger partial charge on any atom is 0.307 e. The zero-order chi connectivity index (χ0) is 20.9. The van der Waals surface area contributed by atoms with Crippen LogP contribution in [0.1, 0.15) is 12.0 Å². The summed E-state index contributed by atoms with van der Waals surface area (Å²) in [6, 6.07) is 9.02. The van der Waals surface area contributed by atoms with Crippen molar-refractivity contribution in [3.05, 3.63) is 57.0 Å². The molecule has 0 saturated heterocycles. The average molecular weight is 465 g/mol. The molecule has 0 radical (unpaired) electrons. The third kappa shape index (κ3) is 6.38. The molecule has 0 spiro atoms. The Bertz CT molecular complexity index is 991. The Hall–Kier alpha value is -1.80. The Labute approximate surface area is 177 Å². The van der Waals surface area contributed by atoms with Gasteiger partial charge in [0.05, 0.1) is 37.8 Å². The summed E-state index contributed by atoms with van der Waals surface area (Å²) in [6.07, 6.45) is -0.378. The van der Waals surface area contributed by atoms with Crippen LogP contribution in [0.25, 0.3) is 0 Å². The van der Waals surface area contributed by atoms with E-state index in [1.54, 1.807) is 12.1 Å². The Morgan fingerprint density at radius 3 is 2.25 bits per heavy atom. The predicted molar refractivity (Wildman–Crippen MR) is 109 cm³/mol. The molecule has 1 N–H and O–H groups in total. The number of nitrogens with one attached hydrogen (secondary N) is 1. The van der Waals surface area contributed by atoms with E-state index in [9.17, 15) is 18.0 Å². The standard InChI is InChI=1S/C18H16Cl3NO5S/c1-11-2-4-12(5-3-11)28(25,26)7-6-18(24)27-10-17(23)22-16-9-14(20)13(19)8-15(16)21/h2-5,8-9H,6-7,10H2,1H3,(H,22,23). The minimum atomic E-state index is -3.62. The van der Waals surface area contributed by atoms with Gasteiger partial charge in [-0.1, -0.05) is 52.5 Å². The molecule has 28 heavy (non-hydrogen) atoms. The fourth-order valence-corrected chi connectivity index (χ4v) is 3.92. The first kappa shape index (κ1) is 22.5. The number of sulfone groups is 1. The molecular weight excluding hydrogens is 449 g/mol. The van der Waals surface area contributed by atoms with Crippen LogP contribution in [0.2, 0.25) is 15.1 Å². The summed E-state index contributed by atoms with van der Waals surface area (Å²) < 4.78 is 29.2. The van der Waals surface area contributed by atoms with Crippen molar-refractivity contribution in [1.82, 2.24) is 0 Å². The number of benzene rings is 2. The third-order valence-corrected chi connectivity index (χ3v) is 6.37. The number of aryl methyl sites for hydroxylation is 1. The van der Waals surface area contributed by atoms with Gasteiger partial charge in [-0.05, 0) is 31.2 Å². The predicted octanol–water partition coefficient (Wildman–Crippen LogP) is 4.30. The van der Waals surface area contributed by atoms with Gasteiger partial charge in [-0.25, -0.2) is 8.42 Å². The molecule has 0 aliphatic heterocycles. The topological polar surface area (TPSA) is 89.5 Å². The Morgan fingerprint density at radius 1 is 1.00 bits per heavy atom. The molecule has 2 rings (SSSR count). The third-order valence-electron chi connectivity index (χ3n) is 3.60. The highest BCUT2D eigenvalue weighted by Gasteiger charge is 2.18. The van der Waals surface area contributed by atoms with Gasteiger partial charge >= 0.3 is 5.97 Å². The lowest BCUT2D eigenvalue weighted by Gasteiger charge is -2.09. The number of ether oxygens (including phenoxy) is 1. The molecule has 0 heterocycles. The number of hydrogen-bond donors (Lipinski definition) is 1. The highest BCUT2D eigenvalue weighted by Crippen LogP contribution is 2.32. The molecule has 6 nitrogen and oxygen atoms in total. The van der Waals surface area contributed by atoms with Crippen molar-refractivity contribution >= 4 is 62.2 Å². The lowest BCUT2D eigenvalue weighted by atomic mass is 10.2. The number of amides is 1. The second kappa shape index (κ2) is 9.60. The number of carbonyl (C=O) groups excluding carboxylic acids is 2. The maximum atomic E-state index is 12.2. The molecule has 0 bridgehead atoms. The molecule has 1 amide bonds. The van der Waals surface area contributed by atoms with Gasteiger partial charge in [0.2, 0.25) is 0 Å². The van der Waals surface area contributed by atoms with Crippen LogP contribution in [-0.2, 0) is 24.2 Å². The monoisotopic (exact) mass is 463 g/mol. The summed E-state index contributed by atoms with van der Waals surface area (Å²) >= 11 is 17.6. The first-order chi connectivity index (χ1) is 13.1. The second-order valence-electron chi connectivity index (χ2n) is 5.84. The van der Waals surface area contributed by atoms with Gasteiger partial charge in [0.15, 0.2) is 16.4 Å². The van der Waals surface area contributed by atoms with E-state index in [0.29, 0.717) is 0 Å². The van der Waals surface area contributed by atoms with Crippen LogP contribution in [0.4, 0.5) is 5.69 Å². The van der Waals surface area contributed by atoms with Crippen molar-refractivity contribution in [2.24, 2.45) is 0 Å². The Balaban J connectivity index is 1.84. The van der Waals surface area contributed by atoms with Crippen molar-refractivity contribution in [3.8, 4) is 0 Å². The number of esters is 1. The van der Waals surface area contributed by atoms with E-state index in [1.165, 1.54) is 24.3 Å². The highest BCUT2D eigenvalue weighted by molar-refractivity contribution is 7.91. The summed E-state index contributed by atoms with van der Waals surface area (Å²) in [7, 11) is -3.62. The van der Waals surface area contributed by atoms with Crippen molar-refractivity contribution in [3.63, 3.8) is 0 Å². The smallest absolute Gasteiger partial charge is 0.307 e. The van der Waals surface area contributed by atoms with Crippen LogP contribution in [0.3, 0.4) is 0 Å². The van der Waals surface area contributed by atoms with E-state index >= 15 is 0 Å². The summed E-state index contributed by atoms with van der Waals surface area (Å²) in [5.74, 6) is -1.89. The van der Waals surface area contributed by atoms with Crippen molar-refractivity contribution in [2.45, 2.75) is 18.2 Å². The number of anilines is 1. The molecule has 0 aromatic heterocycles. The van der Waals surface area contributed by atoms with Gasteiger partial charge in [0.25, 0.3) is 5.91 Å². The Kier molecular flexibility index (Phi) is 7.71. The van der Waals surface area contributed by atoms with Crippen LogP contribution in [0.15, 0.2) is 41.3 Å². The van der Waals surface area contributed by atoms with E-state index in [0.717, 1.165) is 5.56 Å². The van der Waals surface area contributed by atoms with Crippen molar-refractivity contribution < 1.29 is 22.7 Å². The van der Waals surface area contributed by atoms with Crippen LogP contribution in [0.5, 0.6) is 0 Å². The average Bonchev–Trinajstić information content (AvgIpc) is 2.63. The van der Waals surface area contributed by atoms with Gasteiger partial charge in [0.1, 0.15) is 0 Å². The van der Waals surface area contributed by atoms with Crippen molar-refractivity contribution in [2.75, 3.05) is 17.7 Å². The van der Waals surface area contributed by atoms with Crippen molar-refractivity contribution in [1.29, 1.82) is 0 Å². The molecule has 0 atom stereocenters. The molecule has 0 aliphatic rings. The first-order valence-corrected chi connectivity index (χ1v) is 10.8. The van der Waals surface area contributed by atoms with Crippen LogP contribution >= 0.6 is 34.8 Å².